The van der Waals surface area contributed by atoms with Crippen molar-refractivity contribution in [2.24, 2.45) is 0 Å². The number of hydrogen-bond acceptors (Lipinski definition) is 5. The quantitative estimate of drug-likeness (QED) is 0.496. The van der Waals surface area contributed by atoms with Crippen LogP contribution in [-0.2, 0) is 11.3 Å². The highest BCUT2D eigenvalue weighted by Gasteiger charge is 2.14. The van der Waals surface area contributed by atoms with E-state index in [1.165, 1.54) is 0 Å². The van der Waals surface area contributed by atoms with Crippen LogP contribution in [0.15, 0.2) is 54.7 Å². The lowest BCUT2D eigenvalue weighted by Crippen LogP contribution is -2.30. The Kier molecular flexibility index (Phi) is 4.92. The molecule has 0 aliphatic heterocycles. The molecule has 0 unspecified atom stereocenters. The highest BCUT2D eigenvalue weighted by Crippen LogP contribution is 2.29. The molecule has 2 aromatic carbocycles. The van der Waals surface area contributed by atoms with Gasteiger partial charge in [0.15, 0.2) is 6.61 Å². The number of pyridine rings is 1. The lowest BCUT2D eigenvalue weighted by molar-refractivity contribution is -0.132. The molecule has 0 saturated heterocycles. The van der Waals surface area contributed by atoms with Crippen LogP contribution in [0.5, 0.6) is 5.75 Å². The maximum Gasteiger partial charge on any atom is 0.260 e. The molecule has 0 radical (unpaired) electrons. The number of amides is 1. The van der Waals surface area contributed by atoms with Crippen LogP contribution in [0, 0.1) is 0 Å². The minimum Gasteiger partial charge on any atom is -0.481 e. The predicted octanol–water partition coefficient (Wildman–Crippen LogP) is 4.54. The van der Waals surface area contributed by atoms with Gasteiger partial charge in [0, 0.05) is 18.6 Å². The van der Waals surface area contributed by atoms with Crippen molar-refractivity contribution in [3.05, 3.63) is 64.8 Å². The van der Waals surface area contributed by atoms with Gasteiger partial charge in [0.2, 0.25) is 0 Å². The molecule has 0 spiro atoms. The van der Waals surface area contributed by atoms with Crippen molar-refractivity contribution in [2.45, 2.75) is 6.54 Å². The van der Waals surface area contributed by atoms with Crippen LogP contribution in [0.25, 0.3) is 21.1 Å². The summed E-state index contributed by atoms with van der Waals surface area (Å²) in [6.07, 6.45) is 1.67. The molecule has 136 valence electrons. The number of fused-ring (bicyclic) bond motifs is 2. The van der Waals surface area contributed by atoms with Gasteiger partial charge in [-0.25, -0.2) is 4.98 Å². The molecular weight excluding hydrogens is 382 g/mol. The smallest absolute Gasteiger partial charge is 0.260 e. The Morgan fingerprint density at radius 2 is 2.04 bits per heavy atom. The van der Waals surface area contributed by atoms with Crippen molar-refractivity contribution in [2.75, 3.05) is 13.7 Å². The predicted molar refractivity (Wildman–Crippen MR) is 108 cm³/mol. The number of ether oxygens (including phenoxy) is 1. The Hall–Kier alpha value is -2.70. The minimum atomic E-state index is -0.131. The summed E-state index contributed by atoms with van der Waals surface area (Å²) in [5.41, 5.74) is 1.60. The number of carbonyl (C=O) groups excluding carboxylic acids is 1. The van der Waals surface area contributed by atoms with Crippen LogP contribution in [0.3, 0.4) is 0 Å². The number of hydrogen-bond donors (Lipinski definition) is 0. The third kappa shape index (κ3) is 3.72. The molecule has 27 heavy (non-hydrogen) atoms. The van der Waals surface area contributed by atoms with Crippen molar-refractivity contribution >= 4 is 50.0 Å². The van der Waals surface area contributed by atoms with Crippen LogP contribution in [-0.4, -0.2) is 34.4 Å². The van der Waals surface area contributed by atoms with Crippen molar-refractivity contribution in [1.29, 1.82) is 0 Å². The van der Waals surface area contributed by atoms with E-state index < -0.39 is 0 Å². The first-order chi connectivity index (χ1) is 13.1. The number of halogens is 1. The summed E-state index contributed by atoms with van der Waals surface area (Å²) in [5, 5.41) is 2.29. The third-order valence-electron chi connectivity index (χ3n) is 4.17. The maximum atomic E-state index is 12.5. The fourth-order valence-corrected chi connectivity index (χ4v) is 3.99. The largest absolute Gasteiger partial charge is 0.481 e. The lowest BCUT2D eigenvalue weighted by atomic mass is 10.2. The monoisotopic (exact) mass is 397 g/mol. The summed E-state index contributed by atoms with van der Waals surface area (Å²) < 4.78 is 6.84. The molecular formula is C20H16ClN3O2S. The van der Waals surface area contributed by atoms with Gasteiger partial charge in [-0.2, -0.15) is 0 Å². The zero-order chi connectivity index (χ0) is 18.8. The van der Waals surface area contributed by atoms with E-state index in [9.17, 15) is 4.79 Å². The van der Waals surface area contributed by atoms with Gasteiger partial charge in [-0.15, -0.1) is 11.3 Å². The standard InChI is InChI=1S/C20H16ClN3O2S/c1-24(11-18-23-15-6-2-3-7-17(15)27-18)19(25)12-26-16-9-8-14(21)13-5-4-10-22-20(13)16/h2-10H,11-12H2,1H3. The molecule has 1 amide bonds. The van der Waals surface area contributed by atoms with Gasteiger partial charge in [0.25, 0.3) is 5.91 Å². The van der Waals surface area contributed by atoms with Crippen LogP contribution < -0.4 is 4.74 Å². The second-order valence-corrected chi connectivity index (χ2v) is 7.58. The summed E-state index contributed by atoms with van der Waals surface area (Å²) in [7, 11) is 1.75. The second-order valence-electron chi connectivity index (χ2n) is 6.06. The zero-order valence-electron chi connectivity index (χ0n) is 14.6. The van der Waals surface area contributed by atoms with Gasteiger partial charge < -0.3 is 9.64 Å². The average molecular weight is 398 g/mol. The molecule has 0 atom stereocenters. The molecule has 0 aliphatic carbocycles. The lowest BCUT2D eigenvalue weighted by Gasteiger charge is -2.16. The Labute approximate surface area is 165 Å². The fraction of sp³-hybridized carbons (Fsp3) is 0.150. The molecule has 7 heteroatoms. The van der Waals surface area contributed by atoms with E-state index in [1.807, 2.05) is 36.4 Å². The SMILES string of the molecule is CN(Cc1nc2ccccc2s1)C(=O)COc1ccc(Cl)c2cccnc12. The van der Waals surface area contributed by atoms with Gasteiger partial charge in [-0.3, -0.25) is 9.78 Å². The number of likely N-dealkylation sites (N-methyl/N-ethyl adjacent to an activating group) is 1. The summed E-state index contributed by atoms with van der Waals surface area (Å²) in [5.74, 6) is 0.407. The van der Waals surface area contributed by atoms with Crippen LogP contribution in [0.1, 0.15) is 5.01 Å². The van der Waals surface area contributed by atoms with E-state index in [0.717, 1.165) is 20.6 Å². The van der Waals surface area contributed by atoms with Crippen molar-refractivity contribution in [3.63, 3.8) is 0 Å². The molecule has 0 bridgehead atoms. The fourth-order valence-electron chi connectivity index (χ4n) is 2.76. The number of rotatable bonds is 5. The number of thiazole rings is 1. The zero-order valence-corrected chi connectivity index (χ0v) is 16.1. The van der Waals surface area contributed by atoms with Gasteiger partial charge in [0.1, 0.15) is 16.3 Å². The van der Waals surface area contributed by atoms with E-state index in [1.54, 1.807) is 41.6 Å². The van der Waals surface area contributed by atoms with Crippen LogP contribution in [0.4, 0.5) is 0 Å². The average Bonchev–Trinajstić information content (AvgIpc) is 3.09. The summed E-state index contributed by atoms with van der Waals surface area (Å²) in [4.78, 5) is 23.0. The third-order valence-corrected chi connectivity index (χ3v) is 5.52. The number of benzene rings is 2. The van der Waals surface area contributed by atoms with Crippen molar-refractivity contribution < 1.29 is 9.53 Å². The van der Waals surface area contributed by atoms with Crippen LogP contribution in [0.2, 0.25) is 5.02 Å². The molecule has 4 aromatic rings. The topological polar surface area (TPSA) is 55.3 Å². The van der Waals surface area contributed by atoms with Crippen molar-refractivity contribution in [3.8, 4) is 5.75 Å². The molecule has 0 aliphatic rings. The Morgan fingerprint density at radius 3 is 2.89 bits per heavy atom. The summed E-state index contributed by atoms with van der Waals surface area (Å²) in [6, 6.07) is 15.1. The molecule has 2 heterocycles. The van der Waals surface area contributed by atoms with Gasteiger partial charge in [0.05, 0.1) is 21.8 Å². The first kappa shape index (κ1) is 17.7. The van der Waals surface area contributed by atoms with Gasteiger partial charge in [-0.05, 0) is 36.4 Å². The molecule has 0 N–H and O–H groups in total. The molecule has 0 saturated carbocycles. The first-order valence-electron chi connectivity index (χ1n) is 8.36. The summed E-state index contributed by atoms with van der Waals surface area (Å²) in [6.45, 7) is 0.371. The van der Waals surface area contributed by atoms with E-state index in [-0.39, 0.29) is 12.5 Å². The summed E-state index contributed by atoms with van der Waals surface area (Å²) >= 11 is 7.78. The number of aromatic nitrogens is 2. The molecule has 5 nitrogen and oxygen atoms in total. The molecule has 0 fully saturated rings. The van der Waals surface area contributed by atoms with E-state index in [0.29, 0.717) is 22.8 Å². The Bertz CT molecular complexity index is 1100. The van der Waals surface area contributed by atoms with E-state index in [4.69, 9.17) is 16.3 Å². The van der Waals surface area contributed by atoms with Crippen molar-refractivity contribution in [1.82, 2.24) is 14.9 Å². The minimum absolute atomic E-state index is 0.0747. The second kappa shape index (κ2) is 7.50. The highest BCUT2D eigenvalue weighted by molar-refractivity contribution is 7.18. The molecule has 4 rings (SSSR count). The number of carbonyl (C=O) groups is 1. The Balaban J connectivity index is 1.44. The Morgan fingerprint density at radius 1 is 1.19 bits per heavy atom. The molecule has 2 aromatic heterocycles. The van der Waals surface area contributed by atoms with Gasteiger partial charge >= 0.3 is 0 Å². The first-order valence-corrected chi connectivity index (χ1v) is 9.56. The maximum absolute atomic E-state index is 12.5. The number of para-hydroxylation sites is 1. The highest BCUT2D eigenvalue weighted by atomic mass is 35.5. The van der Waals surface area contributed by atoms with Gasteiger partial charge in [-0.1, -0.05) is 23.7 Å². The van der Waals surface area contributed by atoms with E-state index >= 15 is 0 Å². The normalized spacial score (nSPS) is 11.0. The number of nitrogens with zero attached hydrogens (tertiary/aromatic N) is 3. The van der Waals surface area contributed by atoms with E-state index in [2.05, 4.69) is 9.97 Å². The van der Waals surface area contributed by atoms with Crippen LogP contribution >= 0.6 is 22.9 Å².